The van der Waals surface area contributed by atoms with E-state index in [1.165, 1.54) is 212 Å². The summed E-state index contributed by atoms with van der Waals surface area (Å²) < 4.78 is 31.9. The Bertz CT molecular complexity index is 842. The molecule has 346 valence electrons. The number of ether oxygens (including phenoxy) is 5. The third-order valence-electron chi connectivity index (χ3n) is 12.0. The number of esters is 1. The van der Waals surface area contributed by atoms with Gasteiger partial charge in [-0.05, 0) is 33.4 Å². The summed E-state index contributed by atoms with van der Waals surface area (Å²) in [7, 11) is 3.76. The minimum Gasteiger partial charge on any atom is -0.462 e. The Morgan fingerprint density at radius 3 is 1.03 bits per heavy atom. The van der Waals surface area contributed by atoms with Crippen molar-refractivity contribution in [2.75, 3.05) is 47.1 Å². The van der Waals surface area contributed by atoms with Crippen LogP contribution < -0.4 is 0 Å². The van der Waals surface area contributed by atoms with Crippen molar-refractivity contribution in [2.24, 2.45) is 0 Å². The molecule has 0 aromatic carbocycles. The largest absolute Gasteiger partial charge is 0.462 e. The second-order valence-corrected chi connectivity index (χ2v) is 18.2. The molecule has 1 rings (SSSR count). The van der Waals surface area contributed by atoms with Crippen LogP contribution in [0.5, 0.6) is 0 Å². The smallest absolute Gasteiger partial charge is 0.320 e. The third-order valence-corrected chi connectivity index (χ3v) is 12.0. The zero-order valence-electron chi connectivity index (χ0n) is 39.7. The molecular formula is C51H101NO6. The van der Waals surface area contributed by atoms with Crippen LogP contribution in [0, 0.1) is 0 Å². The number of unbranched alkanes of at least 4 members (excludes halogenated alkanes) is 33. The van der Waals surface area contributed by atoms with Crippen LogP contribution in [0.3, 0.4) is 0 Å². The summed E-state index contributed by atoms with van der Waals surface area (Å²) in [5.74, 6) is -0.247. The van der Waals surface area contributed by atoms with E-state index in [0.717, 1.165) is 19.3 Å². The van der Waals surface area contributed by atoms with Crippen LogP contribution in [0.25, 0.3) is 0 Å². The van der Waals surface area contributed by atoms with Crippen LogP contribution in [-0.4, -0.2) is 82.5 Å². The highest BCUT2D eigenvalue weighted by Gasteiger charge is 2.47. The first-order valence-corrected chi connectivity index (χ1v) is 25.8. The number of hydrogen-bond donors (Lipinski definition) is 0. The molecule has 0 radical (unpaired) electrons. The molecule has 0 spiro atoms. The summed E-state index contributed by atoms with van der Waals surface area (Å²) in [6, 6.07) is 0. The summed E-state index contributed by atoms with van der Waals surface area (Å²) in [4.78, 5) is 14.4. The molecule has 1 aliphatic heterocycles. The molecule has 0 N–H and O–H groups in total. The number of hydrogen-bond acceptors (Lipinski definition) is 7. The Balaban J connectivity index is 2.61. The Labute approximate surface area is 361 Å². The van der Waals surface area contributed by atoms with Gasteiger partial charge in [-0.2, -0.15) is 0 Å². The van der Waals surface area contributed by atoms with Crippen molar-refractivity contribution in [3.8, 4) is 0 Å². The normalized spacial score (nSPS) is 18.2. The monoisotopic (exact) mass is 824 g/mol. The van der Waals surface area contributed by atoms with Crippen molar-refractivity contribution in [3.05, 3.63) is 0 Å². The molecule has 0 aliphatic carbocycles. The van der Waals surface area contributed by atoms with Gasteiger partial charge in [0.1, 0.15) is 24.9 Å². The maximum absolute atomic E-state index is 12.6. The quantitative estimate of drug-likeness (QED) is 0.0447. The van der Waals surface area contributed by atoms with E-state index in [0.29, 0.717) is 19.8 Å². The first-order chi connectivity index (χ1) is 28.5. The van der Waals surface area contributed by atoms with Gasteiger partial charge in [-0.15, -0.1) is 0 Å². The second kappa shape index (κ2) is 42.9. The van der Waals surface area contributed by atoms with Gasteiger partial charge in [0, 0.05) is 19.8 Å². The van der Waals surface area contributed by atoms with Crippen molar-refractivity contribution in [3.63, 3.8) is 0 Å². The fraction of sp³-hybridized carbons (Fsp3) is 0.980. The van der Waals surface area contributed by atoms with Crippen LogP contribution in [0.2, 0.25) is 0 Å². The highest BCUT2D eigenvalue weighted by Crippen LogP contribution is 2.29. The van der Waals surface area contributed by atoms with Gasteiger partial charge in [0.25, 0.3) is 0 Å². The minimum atomic E-state index is -0.505. The highest BCUT2D eigenvalue weighted by atomic mass is 16.7. The molecule has 1 aliphatic rings. The molecular weight excluding hydrogens is 723 g/mol. The highest BCUT2D eigenvalue weighted by molar-refractivity contribution is 5.71. The zero-order valence-corrected chi connectivity index (χ0v) is 39.7. The minimum absolute atomic E-state index is 0.159. The van der Waals surface area contributed by atoms with Crippen molar-refractivity contribution in [2.45, 2.75) is 277 Å². The zero-order chi connectivity index (χ0) is 42.0. The molecule has 58 heavy (non-hydrogen) atoms. The molecule has 0 saturated carbocycles. The number of likely N-dealkylation sites (N-methyl/N-ethyl adjacent to an activating group) is 1. The number of rotatable bonds is 46. The molecule has 1 saturated heterocycles. The molecule has 0 amide bonds. The molecule has 0 bridgehead atoms. The van der Waals surface area contributed by atoms with Gasteiger partial charge in [0.15, 0.2) is 6.29 Å². The van der Waals surface area contributed by atoms with Gasteiger partial charge >= 0.3 is 5.97 Å². The predicted octanol–water partition coefficient (Wildman–Crippen LogP) is 14.7. The van der Waals surface area contributed by atoms with E-state index in [4.69, 9.17) is 23.7 Å². The molecule has 0 unspecified atom stereocenters. The summed E-state index contributed by atoms with van der Waals surface area (Å²) in [5.41, 5.74) is 0. The lowest BCUT2D eigenvalue weighted by molar-refractivity contribution is -0.184. The Morgan fingerprint density at radius 1 is 0.414 bits per heavy atom. The Hall–Kier alpha value is -0.730. The van der Waals surface area contributed by atoms with Gasteiger partial charge in [-0.1, -0.05) is 233 Å². The van der Waals surface area contributed by atoms with Gasteiger partial charge < -0.3 is 23.7 Å². The average Bonchev–Trinajstić information content (AvgIpc) is 3.54. The topological polar surface area (TPSA) is 66.5 Å². The average molecular weight is 824 g/mol. The first kappa shape index (κ1) is 55.3. The van der Waals surface area contributed by atoms with Crippen LogP contribution in [0.4, 0.5) is 0 Å². The Kier molecular flexibility index (Phi) is 40.9. The van der Waals surface area contributed by atoms with Crippen LogP contribution in [0.1, 0.15) is 252 Å². The third kappa shape index (κ3) is 33.9. The lowest BCUT2D eigenvalue weighted by Gasteiger charge is -2.25. The molecule has 1 fully saturated rings. The summed E-state index contributed by atoms with van der Waals surface area (Å²) in [6.45, 7) is 9.26. The standard InChI is InChI=1S/C51H101NO6/c1-6-9-12-15-18-21-24-27-30-33-36-39-42-54-49-47(46-57-48(53)45-52(4)5)58-51(56-44-41-38-35-32-29-26-23-20-17-14-11-8-3)50(49)55-43-40-37-34-31-28-25-22-19-16-13-10-7-2/h47,49-51H,6-46H2,1-5H3/t47-,49+,50+,51-/m1/s1. The van der Waals surface area contributed by atoms with Crippen LogP contribution in [0.15, 0.2) is 0 Å². The summed E-state index contributed by atoms with van der Waals surface area (Å²) in [5, 5.41) is 0. The SMILES string of the molecule is CCCCCCCCCCCCCCO[C@@H]1O[C@H](COC(=O)CN(C)C)[C@H](OCCCCCCCCCCCCCC)[C@@H]1OCCCCCCCCCCCCCC. The van der Waals surface area contributed by atoms with E-state index in [1.807, 2.05) is 19.0 Å². The Morgan fingerprint density at radius 2 is 0.707 bits per heavy atom. The van der Waals surface area contributed by atoms with Gasteiger partial charge in [-0.3, -0.25) is 9.69 Å². The number of carbonyl (C=O) groups is 1. The molecule has 0 aromatic rings. The van der Waals surface area contributed by atoms with E-state index in [9.17, 15) is 4.79 Å². The van der Waals surface area contributed by atoms with E-state index in [1.54, 1.807) is 0 Å². The lowest BCUT2D eigenvalue weighted by atomic mass is 10.1. The van der Waals surface area contributed by atoms with Crippen molar-refractivity contribution < 1.29 is 28.5 Å². The van der Waals surface area contributed by atoms with Gasteiger partial charge in [0.2, 0.25) is 0 Å². The fourth-order valence-corrected chi connectivity index (χ4v) is 8.28. The van der Waals surface area contributed by atoms with E-state index >= 15 is 0 Å². The molecule has 1 heterocycles. The maximum atomic E-state index is 12.6. The fourth-order valence-electron chi connectivity index (χ4n) is 8.28. The maximum Gasteiger partial charge on any atom is 0.320 e. The van der Waals surface area contributed by atoms with Crippen molar-refractivity contribution in [1.82, 2.24) is 4.90 Å². The van der Waals surface area contributed by atoms with E-state index in [-0.39, 0.29) is 31.3 Å². The van der Waals surface area contributed by atoms with E-state index in [2.05, 4.69) is 20.8 Å². The lowest BCUT2D eigenvalue weighted by Crippen LogP contribution is -2.40. The molecule has 7 heteroatoms. The van der Waals surface area contributed by atoms with Gasteiger partial charge in [0.05, 0.1) is 6.54 Å². The second-order valence-electron chi connectivity index (χ2n) is 18.2. The summed E-state index contributed by atoms with van der Waals surface area (Å²) in [6.07, 6.45) is 45.9. The number of nitrogens with zero attached hydrogens (tertiary/aromatic N) is 1. The first-order valence-electron chi connectivity index (χ1n) is 25.8. The molecule has 7 nitrogen and oxygen atoms in total. The number of carbonyl (C=O) groups excluding carboxylic acids is 1. The molecule has 0 aromatic heterocycles. The van der Waals surface area contributed by atoms with Crippen LogP contribution in [-0.2, 0) is 28.5 Å². The van der Waals surface area contributed by atoms with E-state index < -0.39 is 12.4 Å². The van der Waals surface area contributed by atoms with Crippen molar-refractivity contribution >= 4 is 5.97 Å². The summed E-state index contributed by atoms with van der Waals surface area (Å²) >= 11 is 0. The predicted molar refractivity (Wildman–Crippen MR) is 247 cm³/mol. The van der Waals surface area contributed by atoms with Crippen LogP contribution >= 0.6 is 0 Å². The van der Waals surface area contributed by atoms with Gasteiger partial charge in [-0.25, -0.2) is 0 Å². The van der Waals surface area contributed by atoms with Crippen molar-refractivity contribution in [1.29, 1.82) is 0 Å². The molecule has 4 atom stereocenters.